The van der Waals surface area contributed by atoms with Gasteiger partial charge in [-0.05, 0) is 12.1 Å². The molecule has 0 spiro atoms. The van der Waals surface area contributed by atoms with Gasteiger partial charge in [0.05, 0.1) is 11.9 Å². The number of rotatable bonds is 2. The van der Waals surface area contributed by atoms with Crippen LogP contribution in [0.5, 0.6) is 0 Å². The van der Waals surface area contributed by atoms with Gasteiger partial charge in [-0.1, -0.05) is 0 Å². The Morgan fingerprint density at radius 3 is 2.80 bits per heavy atom. The molecule has 2 rings (SSSR count). The molecule has 6 nitrogen and oxygen atoms in total. The van der Waals surface area contributed by atoms with Crippen LogP contribution in [-0.4, -0.2) is 15.0 Å². The molecule has 0 saturated carbocycles. The van der Waals surface area contributed by atoms with E-state index in [-0.39, 0.29) is 5.82 Å². The molecule has 2 heterocycles. The topological polar surface area (TPSA) is 103 Å². The number of anilines is 4. The van der Waals surface area contributed by atoms with E-state index in [1.807, 2.05) is 12.1 Å². The SMILES string of the molecule is Nc1ncnc(Nc2cccnc2)c1N. The fourth-order valence-corrected chi connectivity index (χ4v) is 1.08. The summed E-state index contributed by atoms with van der Waals surface area (Å²) in [6, 6.07) is 3.66. The fourth-order valence-electron chi connectivity index (χ4n) is 1.08. The average Bonchev–Trinajstić information content (AvgIpc) is 2.26. The summed E-state index contributed by atoms with van der Waals surface area (Å²) in [5, 5.41) is 2.99. The number of nitrogens with one attached hydrogen (secondary N) is 1. The molecule has 0 atom stereocenters. The molecule has 0 aliphatic carbocycles. The van der Waals surface area contributed by atoms with Crippen molar-refractivity contribution in [3.63, 3.8) is 0 Å². The van der Waals surface area contributed by atoms with Gasteiger partial charge in [0, 0.05) is 6.20 Å². The van der Waals surface area contributed by atoms with Gasteiger partial charge in [-0.3, -0.25) is 4.98 Å². The molecular weight excluding hydrogens is 192 g/mol. The first-order valence-electron chi connectivity index (χ1n) is 4.30. The van der Waals surface area contributed by atoms with Crippen LogP contribution in [0, 0.1) is 0 Å². The molecule has 0 radical (unpaired) electrons. The van der Waals surface area contributed by atoms with Gasteiger partial charge in [-0.25, -0.2) is 9.97 Å². The minimum absolute atomic E-state index is 0.261. The van der Waals surface area contributed by atoms with Gasteiger partial charge in [0.2, 0.25) is 0 Å². The summed E-state index contributed by atoms with van der Waals surface area (Å²) in [7, 11) is 0. The van der Waals surface area contributed by atoms with Crippen molar-refractivity contribution in [3.8, 4) is 0 Å². The summed E-state index contributed by atoms with van der Waals surface area (Å²) >= 11 is 0. The van der Waals surface area contributed by atoms with Crippen LogP contribution in [-0.2, 0) is 0 Å². The number of hydrogen-bond acceptors (Lipinski definition) is 6. The second kappa shape index (κ2) is 3.79. The van der Waals surface area contributed by atoms with Gasteiger partial charge in [-0.2, -0.15) is 0 Å². The van der Waals surface area contributed by atoms with E-state index in [1.54, 1.807) is 12.4 Å². The highest BCUT2D eigenvalue weighted by Gasteiger charge is 2.04. The van der Waals surface area contributed by atoms with Gasteiger partial charge in [0.25, 0.3) is 0 Å². The van der Waals surface area contributed by atoms with Crippen molar-refractivity contribution in [2.45, 2.75) is 0 Å². The number of pyridine rings is 1. The maximum atomic E-state index is 5.70. The average molecular weight is 202 g/mol. The molecule has 2 aromatic heterocycles. The Morgan fingerprint density at radius 2 is 2.07 bits per heavy atom. The standard InChI is InChI=1S/C9H10N6/c10-7-8(11)13-5-14-9(7)15-6-2-1-3-12-4-6/h1-5H,10H2,(H3,11,13,14,15). The predicted octanol–water partition coefficient (Wildman–Crippen LogP) is 0.780. The normalized spacial score (nSPS) is 9.87. The largest absolute Gasteiger partial charge is 0.393 e. The molecule has 0 aliphatic heterocycles. The monoisotopic (exact) mass is 202 g/mol. The molecule has 0 aromatic carbocycles. The number of nitrogen functional groups attached to an aromatic ring is 2. The lowest BCUT2D eigenvalue weighted by Gasteiger charge is -2.07. The van der Waals surface area contributed by atoms with Crippen LogP contribution in [0.25, 0.3) is 0 Å². The molecule has 0 saturated heterocycles. The Labute approximate surface area is 86.4 Å². The maximum absolute atomic E-state index is 5.70. The van der Waals surface area contributed by atoms with E-state index in [0.29, 0.717) is 11.5 Å². The minimum Gasteiger partial charge on any atom is -0.393 e. The van der Waals surface area contributed by atoms with Crippen molar-refractivity contribution in [2.24, 2.45) is 0 Å². The number of nitrogens with zero attached hydrogens (tertiary/aromatic N) is 3. The zero-order valence-corrected chi connectivity index (χ0v) is 7.88. The minimum atomic E-state index is 0.261. The Balaban J connectivity index is 2.29. The molecule has 76 valence electrons. The first-order chi connectivity index (χ1) is 7.27. The van der Waals surface area contributed by atoms with E-state index in [2.05, 4.69) is 20.3 Å². The summed E-state index contributed by atoms with van der Waals surface area (Å²) in [4.78, 5) is 11.7. The molecule has 15 heavy (non-hydrogen) atoms. The lowest BCUT2D eigenvalue weighted by molar-refractivity contribution is 1.18. The van der Waals surface area contributed by atoms with E-state index in [4.69, 9.17) is 11.5 Å². The third-order valence-corrected chi connectivity index (χ3v) is 1.84. The van der Waals surface area contributed by atoms with E-state index < -0.39 is 0 Å². The molecular formula is C9H10N6. The van der Waals surface area contributed by atoms with Crippen LogP contribution >= 0.6 is 0 Å². The third-order valence-electron chi connectivity index (χ3n) is 1.84. The van der Waals surface area contributed by atoms with E-state index in [0.717, 1.165) is 5.69 Å². The van der Waals surface area contributed by atoms with Crippen molar-refractivity contribution in [2.75, 3.05) is 16.8 Å². The molecule has 0 amide bonds. The Hall–Kier alpha value is -2.37. The Kier molecular flexibility index (Phi) is 2.32. The smallest absolute Gasteiger partial charge is 0.159 e. The summed E-state index contributed by atoms with van der Waals surface area (Å²) in [5.41, 5.74) is 12.4. The molecule has 0 aliphatic rings. The van der Waals surface area contributed by atoms with E-state index >= 15 is 0 Å². The lowest BCUT2D eigenvalue weighted by Crippen LogP contribution is -2.04. The summed E-state index contributed by atoms with van der Waals surface area (Å²) in [6.45, 7) is 0. The molecule has 0 bridgehead atoms. The molecule has 0 unspecified atom stereocenters. The van der Waals surface area contributed by atoms with Crippen molar-refractivity contribution in [1.82, 2.24) is 15.0 Å². The van der Waals surface area contributed by atoms with Crippen LogP contribution < -0.4 is 16.8 Å². The van der Waals surface area contributed by atoms with Crippen LogP contribution in [0.1, 0.15) is 0 Å². The summed E-state index contributed by atoms with van der Waals surface area (Å²) in [5.74, 6) is 0.742. The van der Waals surface area contributed by atoms with Gasteiger partial charge >= 0.3 is 0 Å². The van der Waals surface area contributed by atoms with Crippen LogP contribution in [0.2, 0.25) is 0 Å². The first-order valence-corrected chi connectivity index (χ1v) is 4.30. The third kappa shape index (κ3) is 1.93. The van der Waals surface area contributed by atoms with E-state index in [9.17, 15) is 0 Å². The predicted molar refractivity (Wildman–Crippen MR) is 58.4 cm³/mol. The van der Waals surface area contributed by atoms with Gasteiger partial charge in [0.1, 0.15) is 12.0 Å². The van der Waals surface area contributed by atoms with Crippen molar-refractivity contribution in [1.29, 1.82) is 0 Å². The number of hydrogen-bond donors (Lipinski definition) is 3. The number of nitrogens with two attached hydrogens (primary N) is 2. The van der Waals surface area contributed by atoms with Crippen LogP contribution in [0.4, 0.5) is 23.0 Å². The Bertz CT molecular complexity index is 455. The van der Waals surface area contributed by atoms with Crippen molar-refractivity contribution < 1.29 is 0 Å². The molecule has 5 N–H and O–H groups in total. The highest BCUT2D eigenvalue weighted by molar-refractivity contribution is 5.75. The van der Waals surface area contributed by atoms with Gasteiger partial charge < -0.3 is 16.8 Å². The quantitative estimate of drug-likeness (QED) is 0.665. The Morgan fingerprint density at radius 1 is 1.20 bits per heavy atom. The van der Waals surface area contributed by atoms with Crippen LogP contribution in [0.15, 0.2) is 30.9 Å². The second-order valence-electron chi connectivity index (χ2n) is 2.89. The maximum Gasteiger partial charge on any atom is 0.159 e. The van der Waals surface area contributed by atoms with Gasteiger partial charge in [0.15, 0.2) is 11.6 Å². The molecule has 2 aromatic rings. The first kappa shape index (κ1) is 9.20. The van der Waals surface area contributed by atoms with Crippen molar-refractivity contribution in [3.05, 3.63) is 30.9 Å². The van der Waals surface area contributed by atoms with Crippen LogP contribution in [0.3, 0.4) is 0 Å². The zero-order valence-electron chi connectivity index (χ0n) is 7.88. The second-order valence-corrected chi connectivity index (χ2v) is 2.89. The summed E-state index contributed by atoms with van der Waals surface area (Å²) < 4.78 is 0. The zero-order chi connectivity index (χ0) is 10.7. The molecule has 0 fully saturated rings. The lowest BCUT2D eigenvalue weighted by atomic mass is 10.4. The fraction of sp³-hybridized carbons (Fsp3) is 0. The number of aromatic nitrogens is 3. The summed E-state index contributed by atoms with van der Waals surface area (Å²) in [6.07, 6.45) is 4.70. The highest BCUT2D eigenvalue weighted by Crippen LogP contribution is 2.22. The van der Waals surface area contributed by atoms with Crippen molar-refractivity contribution >= 4 is 23.0 Å². The van der Waals surface area contributed by atoms with E-state index in [1.165, 1.54) is 6.33 Å². The molecule has 6 heteroatoms. The van der Waals surface area contributed by atoms with Gasteiger partial charge in [-0.15, -0.1) is 0 Å². The highest BCUT2D eigenvalue weighted by atomic mass is 15.1.